The number of carboxylic acid groups (broad SMARTS) is 1. The fourth-order valence-corrected chi connectivity index (χ4v) is 6.29. The summed E-state index contributed by atoms with van der Waals surface area (Å²) in [5.41, 5.74) is -0.428. The molecule has 2 aromatic rings. The van der Waals surface area contributed by atoms with Crippen molar-refractivity contribution >= 4 is 44.9 Å². The van der Waals surface area contributed by atoms with Crippen molar-refractivity contribution in [2.45, 2.75) is 76.0 Å². The highest BCUT2D eigenvalue weighted by molar-refractivity contribution is 7.92. The van der Waals surface area contributed by atoms with E-state index in [1.54, 1.807) is 69.3 Å². The summed E-state index contributed by atoms with van der Waals surface area (Å²) in [6, 6.07) is 12.3. The first-order valence-corrected chi connectivity index (χ1v) is 14.5. The zero-order valence-corrected chi connectivity index (χ0v) is 23.9. The lowest BCUT2D eigenvalue weighted by molar-refractivity contribution is -0.206. The molecule has 3 rings (SSSR count). The van der Waals surface area contributed by atoms with Crippen LogP contribution >= 0.6 is 23.2 Å². The molecule has 1 aliphatic rings. The molecule has 0 bridgehead atoms. The fraction of sp³-hybridized carbons (Fsp3) is 0.481. The van der Waals surface area contributed by atoms with Gasteiger partial charge < -0.3 is 14.7 Å². The van der Waals surface area contributed by atoms with Crippen molar-refractivity contribution in [3.05, 3.63) is 69.7 Å². The van der Waals surface area contributed by atoms with E-state index in [0.717, 1.165) is 0 Å². The number of aliphatic carboxylic acids is 1. The van der Waals surface area contributed by atoms with Gasteiger partial charge in [0.2, 0.25) is 0 Å². The number of halogens is 2. The molecule has 1 unspecified atom stereocenters. The number of ether oxygens (including phenoxy) is 1. The van der Waals surface area contributed by atoms with Crippen molar-refractivity contribution in [1.29, 1.82) is 0 Å². The normalized spacial score (nSPS) is 23.6. The molecule has 202 valence electrons. The molecule has 1 N–H and O–H groups in total. The highest BCUT2D eigenvalue weighted by Crippen LogP contribution is 2.48. The van der Waals surface area contributed by atoms with Gasteiger partial charge in [-0.25, -0.2) is 8.42 Å². The Morgan fingerprint density at radius 3 is 2.24 bits per heavy atom. The van der Waals surface area contributed by atoms with Gasteiger partial charge >= 0.3 is 5.97 Å². The van der Waals surface area contributed by atoms with Crippen LogP contribution in [0.3, 0.4) is 0 Å². The van der Waals surface area contributed by atoms with Crippen molar-refractivity contribution in [1.82, 2.24) is 4.90 Å². The Morgan fingerprint density at radius 2 is 1.73 bits per heavy atom. The molecule has 1 fully saturated rings. The zero-order valence-electron chi connectivity index (χ0n) is 21.6. The molecule has 1 saturated heterocycles. The molecule has 0 aromatic heterocycles. The monoisotopic (exact) mass is 569 g/mol. The molecule has 0 saturated carbocycles. The Labute approximate surface area is 228 Å². The summed E-state index contributed by atoms with van der Waals surface area (Å²) < 4.78 is 31.9. The molecule has 0 aliphatic carbocycles. The Kier molecular flexibility index (Phi) is 8.69. The van der Waals surface area contributed by atoms with Crippen LogP contribution in [0.5, 0.6) is 0 Å². The average molecular weight is 571 g/mol. The van der Waals surface area contributed by atoms with E-state index in [1.807, 2.05) is 6.92 Å². The van der Waals surface area contributed by atoms with E-state index < -0.39 is 56.7 Å². The smallest absolute Gasteiger partial charge is 0.306 e. The second-order valence-corrected chi connectivity index (χ2v) is 14.2. The first-order chi connectivity index (χ1) is 17.1. The van der Waals surface area contributed by atoms with E-state index in [4.69, 9.17) is 27.9 Å². The highest BCUT2D eigenvalue weighted by Gasteiger charge is 2.54. The van der Waals surface area contributed by atoms with Gasteiger partial charge in [0.05, 0.1) is 23.0 Å². The standard InChI is InChI=1S/C27H33Cl2NO6S/c1-6-21(16-37(34,35)26(2,3)4)30-23(17-10-12-19(28)13-11-17)24(18-8-7-9-20(29)14-18)36-27(5,25(30)33)15-22(31)32/h7-14,21,23-24H,6,15-16H2,1-5H3,(H,31,32)/t21-,23?,24+,27+/m0/s1. The largest absolute Gasteiger partial charge is 0.481 e. The number of hydrogen-bond donors (Lipinski definition) is 1. The third-order valence-electron chi connectivity index (χ3n) is 6.75. The van der Waals surface area contributed by atoms with E-state index in [-0.39, 0.29) is 5.75 Å². The van der Waals surface area contributed by atoms with Crippen molar-refractivity contribution in [2.75, 3.05) is 5.75 Å². The highest BCUT2D eigenvalue weighted by atomic mass is 35.5. The Bertz CT molecular complexity index is 1260. The molecule has 1 heterocycles. The second-order valence-electron chi connectivity index (χ2n) is 10.6. The SMILES string of the molecule is CC[C@@H](CS(=O)(=O)C(C)(C)C)N1C(=O)[C@@](C)(CC(=O)O)O[C@H](c2cccc(Cl)c2)C1c1ccc(Cl)cc1. The number of morpholine rings is 1. The van der Waals surface area contributed by atoms with Gasteiger partial charge in [-0.2, -0.15) is 0 Å². The molecule has 2 aromatic carbocycles. The van der Waals surface area contributed by atoms with Crippen molar-refractivity contribution in [2.24, 2.45) is 0 Å². The van der Waals surface area contributed by atoms with Crippen molar-refractivity contribution in [3.8, 4) is 0 Å². The number of carboxylic acids is 1. The minimum absolute atomic E-state index is 0.283. The number of benzene rings is 2. The average Bonchev–Trinajstić information content (AvgIpc) is 2.78. The first-order valence-electron chi connectivity index (χ1n) is 12.0. The molecule has 1 aliphatic heterocycles. The van der Waals surface area contributed by atoms with Crippen LogP contribution < -0.4 is 0 Å². The minimum Gasteiger partial charge on any atom is -0.481 e. The molecule has 37 heavy (non-hydrogen) atoms. The van der Waals surface area contributed by atoms with E-state index >= 15 is 0 Å². The number of carbonyl (C=O) groups excluding carboxylic acids is 1. The third kappa shape index (κ3) is 6.30. The van der Waals surface area contributed by atoms with Crippen LogP contribution in [0, 0.1) is 0 Å². The van der Waals surface area contributed by atoms with Gasteiger partial charge in [-0.1, -0.05) is 54.4 Å². The lowest BCUT2D eigenvalue weighted by atomic mass is 9.86. The Balaban J connectivity index is 2.27. The molecule has 0 radical (unpaired) electrons. The van der Waals surface area contributed by atoms with Crippen LogP contribution in [0.1, 0.15) is 70.7 Å². The molecule has 4 atom stereocenters. The maximum atomic E-state index is 14.1. The minimum atomic E-state index is -3.64. The number of nitrogens with zero attached hydrogens (tertiary/aromatic N) is 1. The van der Waals surface area contributed by atoms with Crippen LogP contribution in [0.2, 0.25) is 10.0 Å². The summed E-state index contributed by atoms with van der Waals surface area (Å²) in [5.74, 6) is -2.07. The number of rotatable bonds is 8. The fourth-order valence-electron chi connectivity index (χ4n) is 4.57. The van der Waals surface area contributed by atoms with Gasteiger partial charge in [0.25, 0.3) is 5.91 Å². The topological polar surface area (TPSA) is 101 Å². The number of sulfone groups is 1. The second kappa shape index (κ2) is 10.9. The van der Waals surface area contributed by atoms with E-state index in [0.29, 0.717) is 27.6 Å². The number of hydrogen-bond acceptors (Lipinski definition) is 5. The molecule has 10 heteroatoms. The van der Waals surface area contributed by atoms with Crippen LogP contribution in [-0.2, 0) is 24.2 Å². The molecular formula is C27H33Cl2NO6S. The van der Waals surface area contributed by atoms with Crippen LogP contribution in [0.4, 0.5) is 0 Å². The predicted octanol–water partition coefficient (Wildman–Crippen LogP) is 5.86. The van der Waals surface area contributed by atoms with Gasteiger partial charge in [-0.15, -0.1) is 0 Å². The van der Waals surface area contributed by atoms with Gasteiger partial charge in [-0.3, -0.25) is 9.59 Å². The van der Waals surface area contributed by atoms with Crippen LogP contribution in [-0.4, -0.2) is 52.4 Å². The molecule has 7 nitrogen and oxygen atoms in total. The van der Waals surface area contributed by atoms with Gasteiger partial charge in [0, 0.05) is 16.1 Å². The van der Waals surface area contributed by atoms with Gasteiger partial charge in [-0.05, 0) is 69.5 Å². The summed E-state index contributed by atoms with van der Waals surface area (Å²) in [5, 5.41) is 10.6. The van der Waals surface area contributed by atoms with Gasteiger partial charge in [0.15, 0.2) is 15.4 Å². The van der Waals surface area contributed by atoms with Crippen LogP contribution in [0.15, 0.2) is 48.5 Å². The van der Waals surface area contributed by atoms with E-state index in [2.05, 4.69) is 0 Å². The summed E-state index contributed by atoms with van der Waals surface area (Å²) >= 11 is 12.4. The number of carbonyl (C=O) groups is 2. The predicted molar refractivity (Wildman–Crippen MR) is 145 cm³/mol. The number of amides is 1. The summed E-state index contributed by atoms with van der Waals surface area (Å²) in [7, 11) is -3.64. The Hall–Kier alpha value is -2.13. The summed E-state index contributed by atoms with van der Waals surface area (Å²) in [4.78, 5) is 27.5. The van der Waals surface area contributed by atoms with Crippen molar-refractivity contribution < 1.29 is 27.9 Å². The van der Waals surface area contributed by atoms with Crippen molar-refractivity contribution in [3.63, 3.8) is 0 Å². The lowest BCUT2D eigenvalue weighted by Gasteiger charge is -2.51. The molecular weight excluding hydrogens is 537 g/mol. The Morgan fingerprint density at radius 1 is 1.11 bits per heavy atom. The van der Waals surface area contributed by atoms with E-state index in [9.17, 15) is 23.1 Å². The third-order valence-corrected chi connectivity index (χ3v) is 9.92. The molecule has 0 spiro atoms. The van der Waals surface area contributed by atoms with Gasteiger partial charge in [0.1, 0.15) is 6.10 Å². The quantitative estimate of drug-likeness (QED) is 0.427. The first kappa shape index (κ1) is 29.4. The molecule has 1 amide bonds. The lowest BCUT2D eigenvalue weighted by Crippen LogP contribution is -2.62. The maximum absolute atomic E-state index is 14.1. The zero-order chi connectivity index (χ0) is 27.8. The van der Waals surface area contributed by atoms with E-state index in [1.165, 1.54) is 11.8 Å². The summed E-state index contributed by atoms with van der Waals surface area (Å²) in [6.07, 6.45) is -1.08. The maximum Gasteiger partial charge on any atom is 0.306 e. The van der Waals surface area contributed by atoms with Crippen LogP contribution in [0.25, 0.3) is 0 Å². The summed E-state index contributed by atoms with van der Waals surface area (Å²) in [6.45, 7) is 8.12.